The van der Waals surface area contributed by atoms with Crippen LogP contribution in [-0.2, 0) is 30.9 Å². The van der Waals surface area contributed by atoms with Gasteiger partial charge in [-0.3, -0.25) is 9.59 Å². The Morgan fingerprint density at radius 3 is 2.65 bits per heavy atom. The topological polar surface area (TPSA) is 67.9 Å². The predicted octanol–water partition coefficient (Wildman–Crippen LogP) is 4.24. The van der Waals surface area contributed by atoms with Gasteiger partial charge in [-0.15, -0.1) is 11.3 Å². The minimum absolute atomic E-state index is 0.0237. The van der Waals surface area contributed by atoms with E-state index in [9.17, 15) is 9.59 Å². The van der Waals surface area contributed by atoms with E-state index >= 15 is 0 Å². The van der Waals surface area contributed by atoms with Crippen LogP contribution in [0.3, 0.4) is 0 Å². The summed E-state index contributed by atoms with van der Waals surface area (Å²) < 4.78 is 11.7. The minimum Gasteiger partial charge on any atom is -0.382 e. The van der Waals surface area contributed by atoms with Crippen LogP contribution in [-0.4, -0.2) is 56.2 Å². The number of benzene rings is 1. The van der Waals surface area contributed by atoms with Gasteiger partial charge in [-0.25, -0.2) is 0 Å². The molecule has 1 fully saturated rings. The second kappa shape index (κ2) is 11.5. The van der Waals surface area contributed by atoms with Crippen LogP contribution < -0.4 is 5.32 Å². The number of nitrogens with one attached hydrogen (secondary N) is 1. The maximum atomic E-state index is 12.9. The van der Waals surface area contributed by atoms with Crippen molar-refractivity contribution in [1.29, 1.82) is 0 Å². The molecule has 34 heavy (non-hydrogen) atoms. The molecular formula is C27H36N2O4S. The lowest BCUT2D eigenvalue weighted by molar-refractivity contribution is -0.134. The molecule has 6 nitrogen and oxygen atoms in total. The van der Waals surface area contributed by atoms with E-state index in [0.29, 0.717) is 39.1 Å². The lowest BCUT2D eigenvalue weighted by Gasteiger charge is -2.44. The molecule has 2 atom stereocenters. The fourth-order valence-electron chi connectivity index (χ4n) is 5.54. The van der Waals surface area contributed by atoms with Crippen molar-refractivity contribution >= 4 is 23.2 Å². The van der Waals surface area contributed by atoms with Crippen molar-refractivity contribution in [2.24, 2.45) is 0 Å². The Balaban J connectivity index is 1.47. The zero-order valence-electron chi connectivity index (χ0n) is 20.3. The second-order valence-corrected chi connectivity index (χ2v) is 10.3. The highest BCUT2D eigenvalue weighted by molar-refractivity contribution is 7.09. The van der Waals surface area contributed by atoms with Crippen molar-refractivity contribution < 1.29 is 19.1 Å². The zero-order chi connectivity index (χ0) is 24.0. The first-order chi connectivity index (χ1) is 16.6. The van der Waals surface area contributed by atoms with Gasteiger partial charge in [0.1, 0.15) is 0 Å². The Bertz CT molecular complexity index is 953. The molecule has 1 aromatic heterocycles. The van der Waals surface area contributed by atoms with Crippen molar-refractivity contribution in [2.45, 2.75) is 63.0 Å². The number of ether oxygens (including phenoxy) is 2. The summed E-state index contributed by atoms with van der Waals surface area (Å²) in [5.41, 5.74) is 2.18. The molecule has 7 heteroatoms. The molecule has 1 spiro atoms. The van der Waals surface area contributed by atoms with E-state index in [-0.39, 0.29) is 29.4 Å². The summed E-state index contributed by atoms with van der Waals surface area (Å²) in [6.07, 6.45) is 4.36. The SMILES string of the molecule is CCC(=O)N[C@@H]1c2ccccc2C2(CCN(C(=O)CCCc3cccs3)CC2)[C@H]1OCCOC. The average molecular weight is 485 g/mol. The number of carbonyl (C=O) groups is 2. The summed E-state index contributed by atoms with van der Waals surface area (Å²) in [6.45, 7) is 4.28. The average Bonchev–Trinajstić information content (AvgIpc) is 3.46. The summed E-state index contributed by atoms with van der Waals surface area (Å²) in [5.74, 6) is 0.265. The van der Waals surface area contributed by atoms with Gasteiger partial charge in [-0.2, -0.15) is 0 Å². The summed E-state index contributed by atoms with van der Waals surface area (Å²) in [7, 11) is 1.67. The third-order valence-corrected chi connectivity index (χ3v) is 8.24. The summed E-state index contributed by atoms with van der Waals surface area (Å²) in [4.78, 5) is 28.7. The van der Waals surface area contributed by atoms with E-state index in [4.69, 9.17) is 9.47 Å². The number of carbonyl (C=O) groups excluding carboxylic acids is 2. The van der Waals surface area contributed by atoms with Crippen LogP contribution in [0.1, 0.15) is 61.1 Å². The second-order valence-electron chi connectivity index (χ2n) is 9.24. The number of piperidine rings is 1. The smallest absolute Gasteiger partial charge is 0.222 e. The first-order valence-corrected chi connectivity index (χ1v) is 13.3. The number of fused-ring (bicyclic) bond motifs is 2. The van der Waals surface area contributed by atoms with Gasteiger partial charge in [0.05, 0.1) is 25.4 Å². The summed E-state index contributed by atoms with van der Waals surface area (Å²) in [5, 5.41) is 5.31. The van der Waals surface area contributed by atoms with E-state index in [1.807, 2.05) is 17.9 Å². The molecule has 2 aromatic rings. The van der Waals surface area contributed by atoms with Crippen LogP contribution >= 0.6 is 11.3 Å². The number of aryl methyl sites for hydroxylation is 1. The van der Waals surface area contributed by atoms with E-state index in [0.717, 1.165) is 31.2 Å². The number of amides is 2. The van der Waals surface area contributed by atoms with Crippen molar-refractivity contribution in [3.63, 3.8) is 0 Å². The van der Waals surface area contributed by atoms with Crippen LogP contribution in [0.2, 0.25) is 0 Å². The van der Waals surface area contributed by atoms with Gasteiger partial charge in [-0.1, -0.05) is 37.3 Å². The predicted molar refractivity (Wildman–Crippen MR) is 134 cm³/mol. The fraction of sp³-hybridized carbons (Fsp3) is 0.556. The fourth-order valence-corrected chi connectivity index (χ4v) is 6.29. The van der Waals surface area contributed by atoms with Crippen LogP contribution in [0.15, 0.2) is 41.8 Å². The van der Waals surface area contributed by atoms with E-state index in [1.54, 1.807) is 18.4 Å². The Kier molecular flexibility index (Phi) is 8.40. The number of likely N-dealkylation sites (tertiary alicyclic amines) is 1. The maximum Gasteiger partial charge on any atom is 0.222 e. The molecule has 1 aromatic carbocycles. The number of hydrogen-bond acceptors (Lipinski definition) is 5. The highest BCUT2D eigenvalue weighted by atomic mass is 32.1. The van der Waals surface area contributed by atoms with Crippen molar-refractivity contribution in [1.82, 2.24) is 10.2 Å². The molecule has 4 rings (SSSR count). The molecule has 0 radical (unpaired) electrons. The molecule has 0 saturated carbocycles. The Hall–Kier alpha value is -2.22. The molecule has 1 saturated heterocycles. The zero-order valence-corrected chi connectivity index (χ0v) is 21.1. The summed E-state index contributed by atoms with van der Waals surface area (Å²) in [6, 6.07) is 12.4. The van der Waals surface area contributed by atoms with E-state index in [2.05, 4.69) is 41.0 Å². The van der Waals surface area contributed by atoms with E-state index in [1.165, 1.54) is 10.4 Å². The Labute approximate surface area is 206 Å². The standard InChI is InChI=1S/C27H36N2O4S/c1-3-23(30)28-25-21-10-4-5-11-22(21)27(26(25)33-18-17-32-2)13-15-29(16-14-27)24(31)12-6-8-20-9-7-19-34-20/h4-5,7,9-11,19,25-26H,3,6,8,12-18H2,1-2H3,(H,28,30)/t25-,26+/m1/s1. The lowest BCUT2D eigenvalue weighted by Crippen LogP contribution is -2.52. The number of rotatable bonds is 10. The molecule has 184 valence electrons. The Morgan fingerprint density at radius 2 is 1.94 bits per heavy atom. The lowest BCUT2D eigenvalue weighted by atomic mass is 9.71. The number of nitrogens with zero attached hydrogens (tertiary/aromatic N) is 1. The van der Waals surface area contributed by atoms with Gasteiger partial charge in [0, 0.05) is 43.3 Å². The van der Waals surface area contributed by atoms with Crippen LogP contribution in [0.25, 0.3) is 0 Å². The molecule has 2 aliphatic rings. The van der Waals surface area contributed by atoms with Gasteiger partial charge >= 0.3 is 0 Å². The highest BCUT2D eigenvalue weighted by Crippen LogP contribution is 2.52. The van der Waals surface area contributed by atoms with Gasteiger partial charge in [0.2, 0.25) is 11.8 Å². The molecule has 0 bridgehead atoms. The molecule has 2 amide bonds. The van der Waals surface area contributed by atoms with Crippen LogP contribution in [0.5, 0.6) is 0 Å². The molecule has 2 heterocycles. The van der Waals surface area contributed by atoms with E-state index < -0.39 is 0 Å². The van der Waals surface area contributed by atoms with Gasteiger partial charge in [0.25, 0.3) is 0 Å². The Morgan fingerprint density at radius 1 is 1.15 bits per heavy atom. The van der Waals surface area contributed by atoms with Crippen LogP contribution in [0.4, 0.5) is 0 Å². The van der Waals surface area contributed by atoms with Crippen molar-refractivity contribution in [2.75, 3.05) is 33.4 Å². The van der Waals surface area contributed by atoms with Gasteiger partial charge in [0.15, 0.2) is 0 Å². The van der Waals surface area contributed by atoms with Crippen molar-refractivity contribution in [3.8, 4) is 0 Å². The molecule has 1 aliphatic heterocycles. The van der Waals surface area contributed by atoms with Gasteiger partial charge in [-0.05, 0) is 48.3 Å². The number of thiophene rings is 1. The molecule has 1 aliphatic carbocycles. The number of hydrogen-bond donors (Lipinski definition) is 1. The van der Waals surface area contributed by atoms with Crippen LogP contribution in [0, 0.1) is 0 Å². The largest absolute Gasteiger partial charge is 0.382 e. The number of methoxy groups -OCH3 is 1. The minimum atomic E-state index is -0.218. The molecular weight excluding hydrogens is 448 g/mol. The molecule has 1 N–H and O–H groups in total. The first-order valence-electron chi connectivity index (χ1n) is 12.4. The highest BCUT2D eigenvalue weighted by Gasteiger charge is 2.54. The first kappa shape index (κ1) is 24.9. The summed E-state index contributed by atoms with van der Waals surface area (Å²) >= 11 is 1.75. The quantitative estimate of drug-likeness (QED) is 0.512. The van der Waals surface area contributed by atoms with Gasteiger partial charge < -0.3 is 19.7 Å². The maximum absolute atomic E-state index is 12.9. The normalized spacial score (nSPS) is 20.9. The molecule has 0 unspecified atom stereocenters. The third kappa shape index (κ3) is 5.21. The monoisotopic (exact) mass is 484 g/mol. The third-order valence-electron chi connectivity index (χ3n) is 7.30. The van der Waals surface area contributed by atoms with Crippen molar-refractivity contribution in [3.05, 3.63) is 57.8 Å².